The van der Waals surface area contributed by atoms with Crippen LogP contribution in [0.1, 0.15) is 194 Å². The van der Waals surface area contributed by atoms with Crippen LogP contribution in [0.15, 0.2) is 97.2 Å². The minimum atomic E-state index is -0.889. The van der Waals surface area contributed by atoms with Crippen molar-refractivity contribution in [2.75, 3.05) is 41.0 Å². The van der Waals surface area contributed by atoms with Crippen LogP contribution in [0, 0.1) is 0 Å². The summed E-state index contributed by atoms with van der Waals surface area (Å²) in [5.41, 5.74) is 0. The summed E-state index contributed by atoms with van der Waals surface area (Å²) in [5, 5.41) is 9.65. The summed E-state index contributed by atoms with van der Waals surface area (Å²) in [4.78, 5) is 37.1. The number of likely N-dealkylation sites (N-methyl/N-ethyl adjacent to an activating group) is 1. The van der Waals surface area contributed by atoms with E-state index in [4.69, 9.17) is 14.2 Å². The molecule has 0 aromatic heterocycles. The molecular formula is C57H96NO7+. The van der Waals surface area contributed by atoms with E-state index < -0.39 is 18.1 Å². The lowest BCUT2D eigenvalue weighted by Gasteiger charge is -2.31. The number of hydrogen-bond donors (Lipinski definition) is 1. The van der Waals surface area contributed by atoms with Crippen molar-refractivity contribution >= 4 is 17.9 Å². The standard InChI is InChI=1S/C57H95NO7/c1-6-8-10-12-14-16-18-20-22-24-26-27-28-30-32-34-36-38-40-42-44-46-48-56(60)65-53(51-63-50-49-54(57(61)62)58(3,4)5)52-64-55(59)47-45-43-41-39-37-35-33-31-29-25-23-21-19-17-15-13-11-9-7-2/h9,11,15,17,21,23-24,26,28-31,35,37,41,43,53-54H,6-8,10,12-14,16,18-20,22,25,27,32-34,36,38-40,42,44-52H2,1-5H3/p+1/b11-9+,17-15+,23-21+,26-24+,30-28+,31-29+,37-35+,43-41+. The number of rotatable bonds is 45. The van der Waals surface area contributed by atoms with Gasteiger partial charge in [0.2, 0.25) is 0 Å². The molecule has 8 nitrogen and oxygen atoms in total. The molecule has 0 amide bonds. The molecule has 0 aliphatic heterocycles. The Balaban J connectivity index is 4.38. The van der Waals surface area contributed by atoms with E-state index in [0.29, 0.717) is 19.3 Å². The van der Waals surface area contributed by atoms with Gasteiger partial charge in [0.25, 0.3) is 0 Å². The molecule has 2 atom stereocenters. The first-order chi connectivity index (χ1) is 31.6. The third-order valence-corrected chi connectivity index (χ3v) is 11.0. The molecule has 65 heavy (non-hydrogen) atoms. The number of quaternary nitrogens is 1. The Bertz CT molecular complexity index is 1380. The molecule has 0 rings (SSSR count). The SMILES string of the molecule is CC/C=C/C/C=C/C/C=C/C/C=C/C/C=C/C/C=C/CCC(=O)OCC(COCCC(C(=O)O)[N+](C)(C)C)OC(=O)CCCCCCCCC/C=C/C/C=C/CCCCCCCCCC. The molecule has 0 aromatic carbocycles. The average molecular weight is 907 g/mol. The number of nitrogens with zero attached hydrogens (tertiary/aromatic N) is 1. The normalized spacial score (nSPS) is 13.7. The second-order valence-corrected chi connectivity index (χ2v) is 18.0. The summed E-state index contributed by atoms with van der Waals surface area (Å²) in [6.07, 6.45) is 63.3. The Kier molecular flexibility index (Phi) is 44.1. The van der Waals surface area contributed by atoms with Crippen LogP contribution < -0.4 is 0 Å². The van der Waals surface area contributed by atoms with Gasteiger partial charge in [-0.05, 0) is 83.5 Å². The van der Waals surface area contributed by atoms with Gasteiger partial charge in [-0.1, -0.05) is 188 Å². The van der Waals surface area contributed by atoms with Crippen molar-refractivity contribution in [3.05, 3.63) is 97.2 Å². The molecule has 0 aromatic rings. The Morgan fingerprint density at radius 3 is 1.34 bits per heavy atom. The number of unbranched alkanes of at least 4 members (excludes halogenated alkanes) is 15. The van der Waals surface area contributed by atoms with Crippen molar-refractivity contribution in [1.29, 1.82) is 0 Å². The van der Waals surface area contributed by atoms with E-state index in [1.165, 1.54) is 77.0 Å². The molecule has 0 aliphatic rings. The van der Waals surface area contributed by atoms with Crippen molar-refractivity contribution < 1.29 is 38.2 Å². The Hall–Kier alpha value is -3.75. The summed E-state index contributed by atoms with van der Waals surface area (Å²) in [6, 6.07) is -0.633. The molecule has 0 spiro atoms. The number of allylic oxidation sites excluding steroid dienone is 16. The van der Waals surface area contributed by atoms with Gasteiger partial charge in [0.05, 0.1) is 34.4 Å². The van der Waals surface area contributed by atoms with Gasteiger partial charge in [0, 0.05) is 19.3 Å². The topological polar surface area (TPSA) is 99.1 Å². The van der Waals surface area contributed by atoms with Gasteiger partial charge in [0.15, 0.2) is 12.1 Å². The fraction of sp³-hybridized carbons (Fsp3) is 0.667. The van der Waals surface area contributed by atoms with Crippen molar-refractivity contribution in [3.63, 3.8) is 0 Å². The monoisotopic (exact) mass is 907 g/mol. The highest BCUT2D eigenvalue weighted by Crippen LogP contribution is 2.14. The Labute approximate surface area is 398 Å². The number of carboxylic acids is 1. The largest absolute Gasteiger partial charge is 0.477 e. The molecule has 0 heterocycles. The molecular weight excluding hydrogens is 811 g/mol. The molecule has 0 radical (unpaired) electrons. The highest BCUT2D eigenvalue weighted by Gasteiger charge is 2.31. The predicted octanol–water partition coefficient (Wildman–Crippen LogP) is 15.0. The van der Waals surface area contributed by atoms with Gasteiger partial charge < -0.3 is 23.8 Å². The maximum Gasteiger partial charge on any atom is 0.362 e. The number of carbonyl (C=O) groups is 3. The lowest BCUT2D eigenvalue weighted by molar-refractivity contribution is -0.887. The molecule has 0 fully saturated rings. The van der Waals surface area contributed by atoms with Gasteiger partial charge in [-0.15, -0.1) is 0 Å². The number of carbonyl (C=O) groups excluding carboxylic acids is 2. The van der Waals surface area contributed by atoms with Crippen LogP contribution in [0.25, 0.3) is 0 Å². The molecule has 0 saturated heterocycles. The van der Waals surface area contributed by atoms with Crippen LogP contribution in [0.5, 0.6) is 0 Å². The smallest absolute Gasteiger partial charge is 0.362 e. The molecule has 0 aliphatic carbocycles. The molecule has 8 heteroatoms. The fourth-order valence-electron chi connectivity index (χ4n) is 7.03. The zero-order valence-corrected chi connectivity index (χ0v) is 42.2. The molecule has 2 unspecified atom stereocenters. The van der Waals surface area contributed by atoms with Crippen LogP contribution in [0.3, 0.4) is 0 Å². The van der Waals surface area contributed by atoms with Gasteiger partial charge >= 0.3 is 17.9 Å². The Morgan fingerprint density at radius 2 is 0.892 bits per heavy atom. The van der Waals surface area contributed by atoms with Gasteiger partial charge in [-0.3, -0.25) is 9.59 Å². The second-order valence-electron chi connectivity index (χ2n) is 18.0. The van der Waals surface area contributed by atoms with E-state index in [0.717, 1.165) is 77.0 Å². The Morgan fingerprint density at radius 1 is 0.477 bits per heavy atom. The molecule has 1 N–H and O–H groups in total. The van der Waals surface area contributed by atoms with E-state index in [1.54, 1.807) is 0 Å². The summed E-state index contributed by atoms with van der Waals surface area (Å²) in [7, 11) is 5.50. The summed E-state index contributed by atoms with van der Waals surface area (Å²) >= 11 is 0. The van der Waals surface area contributed by atoms with E-state index >= 15 is 0 Å². The first-order valence-corrected chi connectivity index (χ1v) is 25.8. The average Bonchev–Trinajstić information content (AvgIpc) is 3.27. The predicted molar refractivity (Wildman–Crippen MR) is 275 cm³/mol. The van der Waals surface area contributed by atoms with Crippen molar-refractivity contribution in [2.45, 2.75) is 206 Å². The minimum absolute atomic E-state index is 0.0287. The third-order valence-electron chi connectivity index (χ3n) is 11.0. The minimum Gasteiger partial charge on any atom is -0.477 e. The first kappa shape index (κ1) is 61.2. The number of hydrogen-bond acceptors (Lipinski definition) is 6. The van der Waals surface area contributed by atoms with Crippen LogP contribution in [0.4, 0.5) is 0 Å². The number of ether oxygens (including phenoxy) is 3. The van der Waals surface area contributed by atoms with Crippen LogP contribution in [-0.2, 0) is 28.6 Å². The number of aliphatic carboxylic acids is 1. The van der Waals surface area contributed by atoms with E-state index in [9.17, 15) is 19.5 Å². The van der Waals surface area contributed by atoms with Crippen LogP contribution in [-0.4, -0.2) is 80.6 Å². The highest BCUT2D eigenvalue weighted by atomic mass is 16.6. The molecule has 0 bridgehead atoms. The first-order valence-electron chi connectivity index (χ1n) is 25.8. The molecule has 0 saturated carbocycles. The third kappa shape index (κ3) is 45.2. The van der Waals surface area contributed by atoms with Crippen molar-refractivity contribution in [2.24, 2.45) is 0 Å². The highest BCUT2D eigenvalue weighted by molar-refractivity contribution is 5.72. The van der Waals surface area contributed by atoms with Gasteiger partial charge in [0.1, 0.15) is 6.61 Å². The summed E-state index contributed by atoms with van der Waals surface area (Å²) in [6.45, 7) is 4.53. The van der Waals surface area contributed by atoms with E-state index in [2.05, 4.69) is 98.9 Å². The maximum atomic E-state index is 12.8. The zero-order chi connectivity index (χ0) is 47.7. The number of esters is 2. The van der Waals surface area contributed by atoms with E-state index in [1.807, 2.05) is 33.3 Å². The maximum absolute atomic E-state index is 12.8. The van der Waals surface area contributed by atoms with Gasteiger partial charge in [-0.2, -0.15) is 0 Å². The van der Waals surface area contributed by atoms with Crippen molar-refractivity contribution in [1.82, 2.24) is 0 Å². The van der Waals surface area contributed by atoms with Gasteiger partial charge in [-0.25, -0.2) is 4.79 Å². The lowest BCUT2D eigenvalue weighted by Crippen LogP contribution is -2.50. The van der Waals surface area contributed by atoms with Crippen LogP contribution >= 0.6 is 0 Å². The number of carboxylic acid groups (broad SMARTS) is 1. The van der Waals surface area contributed by atoms with Crippen molar-refractivity contribution in [3.8, 4) is 0 Å². The second kappa shape index (κ2) is 46.8. The summed E-state index contributed by atoms with van der Waals surface area (Å²) < 4.78 is 17.3. The summed E-state index contributed by atoms with van der Waals surface area (Å²) in [5.74, 6) is -1.59. The van der Waals surface area contributed by atoms with Crippen LogP contribution in [0.2, 0.25) is 0 Å². The van der Waals surface area contributed by atoms with E-state index in [-0.39, 0.29) is 42.7 Å². The molecule has 370 valence electrons. The fourth-order valence-corrected chi connectivity index (χ4v) is 7.03. The lowest BCUT2D eigenvalue weighted by atomic mass is 10.1. The quantitative estimate of drug-likeness (QED) is 0.0281. The zero-order valence-electron chi connectivity index (χ0n) is 42.2.